The fourth-order valence-electron chi connectivity index (χ4n) is 3.10. The standard InChI is InChI=1S/C22H30O5S.Na/c1-2-3-4-5-6-7-8-9-10-18-17-21(28(24,25)26)15-16-22(18)27-20-13-11-19(23)12-14-20;/h11-17,23H,2-10H2,1H3,(H,24,25,26);/q;+1/p-1. The first-order valence-electron chi connectivity index (χ1n) is 9.95. The monoisotopic (exact) mass is 428 g/mol. The first-order chi connectivity index (χ1) is 13.4. The number of rotatable bonds is 12. The number of aryl methyl sites for hydroxylation is 1. The van der Waals surface area contributed by atoms with Gasteiger partial charge in [0.1, 0.15) is 11.5 Å². The number of benzene rings is 2. The van der Waals surface area contributed by atoms with Gasteiger partial charge in [-0.15, -0.1) is 5.75 Å². The van der Waals surface area contributed by atoms with Gasteiger partial charge in [-0.1, -0.05) is 64.0 Å². The molecule has 2 aromatic rings. The van der Waals surface area contributed by atoms with E-state index in [4.69, 9.17) is 4.74 Å². The van der Waals surface area contributed by atoms with Gasteiger partial charge in [0, 0.05) is 0 Å². The first kappa shape index (κ1) is 26.0. The van der Waals surface area contributed by atoms with Crippen molar-refractivity contribution in [1.29, 1.82) is 0 Å². The van der Waals surface area contributed by atoms with Gasteiger partial charge in [0.15, 0.2) is 0 Å². The molecule has 0 fully saturated rings. The van der Waals surface area contributed by atoms with Crippen LogP contribution < -0.4 is 39.4 Å². The maximum Gasteiger partial charge on any atom is 1.00 e. The molecule has 154 valence electrons. The molecule has 1 N–H and O–H groups in total. The van der Waals surface area contributed by atoms with E-state index >= 15 is 0 Å². The topological polar surface area (TPSA) is 86.7 Å². The van der Waals surface area contributed by atoms with Crippen molar-refractivity contribution in [2.24, 2.45) is 0 Å². The SMILES string of the molecule is CCCCCCCCCCc1cc(S(=O)(=O)O)ccc1Oc1ccc([O-])cc1.[Na+]. The predicted octanol–water partition coefficient (Wildman–Crippen LogP) is 2.49. The Morgan fingerprint density at radius 3 is 2.07 bits per heavy atom. The van der Waals surface area contributed by atoms with Crippen molar-refractivity contribution in [1.82, 2.24) is 0 Å². The second-order valence-corrected chi connectivity index (χ2v) is 8.46. The molecule has 29 heavy (non-hydrogen) atoms. The van der Waals surface area contributed by atoms with Crippen LogP contribution in [0.2, 0.25) is 0 Å². The largest absolute Gasteiger partial charge is 1.00 e. The van der Waals surface area contributed by atoms with E-state index in [1.807, 2.05) is 0 Å². The molecule has 5 nitrogen and oxygen atoms in total. The Balaban J connectivity index is 0.00000420. The molecule has 0 spiro atoms. The van der Waals surface area contributed by atoms with E-state index in [2.05, 4.69) is 6.92 Å². The maximum absolute atomic E-state index is 11.5. The Hall–Kier alpha value is -1.05. The molecule has 0 atom stereocenters. The van der Waals surface area contributed by atoms with Crippen LogP contribution in [0.25, 0.3) is 0 Å². The summed E-state index contributed by atoms with van der Waals surface area (Å²) in [7, 11) is -4.27. The molecule has 0 unspecified atom stereocenters. The zero-order chi connectivity index (χ0) is 20.4. The van der Waals surface area contributed by atoms with Crippen LogP contribution in [0.5, 0.6) is 17.2 Å². The Kier molecular flexibility index (Phi) is 11.9. The van der Waals surface area contributed by atoms with Crippen LogP contribution in [0.4, 0.5) is 0 Å². The molecule has 0 aliphatic carbocycles. The molecule has 2 aromatic carbocycles. The zero-order valence-electron chi connectivity index (χ0n) is 17.4. The molecule has 0 amide bonds. The van der Waals surface area contributed by atoms with Crippen LogP contribution in [0.15, 0.2) is 47.4 Å². The van der Waals surface area contributed by atoms with Crippen LogP contribution in [0.1, 0.15) is 63.9 Å². The van der Waals surface area contributed by atoms with Crippen molar-refractivity contribution in [3.8, 4) is 17.2 Å². The summed E-state index contributed by atoms with van der Waals surface area (Å²) in [5.41, 5.74) is 0.729. The molecular weight excluding hydrogens is 399 g/mol. The van der Waals surface area contributed by atoms with E-state index in [9.17, 15) is 18.1 Å². The van der Waals surface area contributed by atoms with Crippen molar-refractivity contribution in [3.05, 3.63) is 48.0 Å². The Morgan fingerprint density at radius 2 is 1.48 bits per heavy atom. The van der Waals surface area contributed by atoms with Crippen molar-refractivity contribution in [2.45, 2.75) is 69.6 Å². The van der Waals surface area contributed by atoms with Crippen LogP contribution in [0.3, 0.4) is 0 Å². The average Bonchev–Trinajstić information content (AvgIpc) is 2.66. The van der Waals surface area contributed by atoms with E-state index in [0.717, 1.165) is 24.8 Å². The van der Waals surface area contributed by atoms with Crippen LogP contribution in [-0.4, -0.2) is 13.0 Å². The average molecular weight is 429 g/mol. The molecule has 0 aliphatic heterocycles. The van der Waals surface area contributed by atoms with E-state index in [1.165, 1.54) is 56.4 Å². The molecule has 0 aliphatic rings. The van der Waals surface area contributed by atoms with E-state index < -0.39 is 10.1 Å². The molecule has 2 rings (SSSR count). The minimum atomic E-state index is -4.27. The molecule has 0 aromatic heterocycles. The van der Waals surface area contributed by atoms with Crippen LogP contribution >= 0.6 is 0 Å². The molecular formula is C22H29NaO5S. The van der Waals surface area contributed by atoms with Gasteiger partial charge in [0.2, 0.25) is 0 Å². The predicted molar refractivity (Wildman–Crippen MR) is 109 cm³/mol. The van der Waals surface area contributed by atoms with Crippen molar-refractivity contribution >= 4 is 10.1 Å². The summed E-state index contributed by atoms with van der Waals surface area (Å²) in [5.74, 6) is 0.943. The number of hydrogen-bond acceptors (Lipinski definition) is 4. The van der Waals surface area contributed by atoms with Gasteiger partial charge >= 0.3 is 29.6 Å². The molecule has 0 bridgehead atoms. The third-order valence-electron chi connectivity index (χ3n) is 4.68. The summed E-state index contributed by atoms with van der Waals surface area (Å²) in [4.78, 5) is -0.135. The summed E-state index contributed by atoms with van der Waals surface area (Å²) < 4.78 is 38.1. The van der Waals surface area contributed by atoms with Gasteiger partial charge in [0.25, 0.3) is 10.1 Å². The molecule has 0 radical (unpaired) electrons. The smallest absolute Gasteiger partial charge is 0.872 e. The number of ether oxygens (including phenoxy) is 1. The van der Waals surface area contributed by atoms with Crippen LogP contribution in [-0.2, 0) is 16.5 Å². The summed E-state index contributed by atoms with van der Waals surface area (Å²) in [6, 6.07) is 10.3. The Morgan fingerprint density at radius 1 is 0.897 bits per heavy atom. The quantitative estimate of drug-likeness (QED) is 0.319. The van der Waals surface area contributed by atoms with Gasteiger partial charge in [0.05, 0.1) is 4.90 Å². The third kappa shape index (κ3) is 9.53. The van der Waals surface area contributed by atoms with Crippen molar-refractivity contribution in [3.63, 3.8) is 0 Å². The van der Waals surface area contributed by atoms with Gasteiger partial charge < -0.3 is 9.84 Å². The van der Waals surface area contributed by atoms with Gasteiger partial charge in [-0.25, -0.2) is 0 Å². The minimum absolute atomic E-state index is 0. The molecule has 0 heterocycles. The van der Waals surface area contributed by atoms with E-state index in [-0.39, 0.29) is 40.2 Å². The number of unbranched alkanes of at least 4 members (excludes halogenated alkanes) is 7. The molecule has 0 saturated carbocycles. The number of hydrogen-bond donors (Lipinski definition) is 1. The molecule has 7 heteroatoms. The summed E-state index contributed by atoms with van der Waals surface area (Å²) in [6.45, 7) is 2.20. The first-order valence-corrected chi connectivity index (χ1v) is 11.4. The maximum atomic E-state index is 11.5. The summed E-state index contributed by atoms with van der Waals surface area (Å²) in [6.07, 6.45) is 10.1. The minimum Gasteiger partial charge on any atom is -0.872 e. The van der Waals surface area contributed by atoms with E-state index in [0.29, 0.717) is 17.9 Å². The normalized spacial score (nSPS) is 11.1. The Labute approximate surface area is 196 Å². The van der Waals surface area contributed by atoms with Crippen molar-refractivity contribution < 1.29 is 52.4 Å². The molecule has 0 saturated heterocycles. The second kappa shape index (κ2) is 13.3. The fraction of sp³-hybridized carbons (Fsp3) is 0.455. The van der Waals surface area contributed by atoms with Gasteiger partial charge in [-0.3, -0.25) is 4.55 Å². The zero-order valence-corrected chi connectivity index (χ0v) is 20.2. The van der Waals surface area contributed by atoms with Crippen molar-refractivity contribution in [2.75, 3.05) is 0 Å². The van der Waals surface area contributed by atoms with Gasteiger partial charge in [-0.05, 0) is 48.7 Å². The third-order valence-corrected chi connectivity index (χ3v) is 5.53. The van der Waals surface area contributed by atoms with Crippen LogP contribution in [0, 0.1) is 0 Å². The van der Waals surface area contributed by atoms with E-state index in [1.54, 1.807) is 18.2 Å². The van der Waals surface area contributed by atoms with Gasteiger partial charge in [-0.2, -0.15) is 8.42 Å². The fourth-order valence-corrected chi connectivity index (χ4v) is 3.63. The second-order valence-electron chi connectivity index (χ2n) is 7.04. The summed E-state index contributed by atoms with van der Waals surface area (Å²) in [5, 5.41) is 11.2. The Bertz CT molecular complexity index is 835. The summed E-state index contributed by atoms with van der Waals surface area (Å²) >= 11 is 0.